The number of aliphatic hydroxyl groups is 2. The number of aromatic nitrogens is 4. The van der Waals surface area contributed by atoms with Crippen molar-refractivity contribution < 1.29 is 85.7 Å². The zero-order chi connectivity index (χ0) is 76.2. The Bertz CT molecular complexity index is 3330. The van der Waals surface area contributed by atoms with Gasteiger partial charge in [-0.1, -0.05) is 65.2 Å². The van der Waals surface area contributed by atoms with Crippen LogP contribution in [-0.4, -0.2) is 181 Å². The molecule has 4 rings (SSSR count). The Balaban J connectivity index is 0.000000541. The molecule has 4 amide bonds. The van der Waals surface area contributed by atoms with Gasteiger partial charge < -0.3 is 89.7 Å². The first-order chi connectivity index (χ1) is 45.8. The van der Waals surface area contributed by atoms with Crippen LogP contribution in [-0.2, 0) is 56.3 Å². The molecule has 0 saturated carbocycles. The van der Waals surface area contributed by atoms with Gasteiger partial charge in [-0.25, -0.2) is 38.4 Å². The molecule has 30 nitrogen and oxygen atoms in total. The van der Waals surface area contributed by atoms with E-state index >= 15 is 0 Å². The molecule has 4 heterocycles. The molecule has 2 saturated heterocycles. The van der Waals surface area contributed by atoms with Crippen molar-refractivity contribution in [2.75, 3.05) is 51.0 Å². The van der Waals surface area contributed by atoms with Crippen LogP contribution in [0.15, 0.2) is 22.0 Å². The van der Waals surface area contributed by atoms with E-state index in [0.717, 1.165) is 4.57 Å². The molecule has 2 aromatic heterocycles. The minimum Gasteiger partial charge on any atom is -0.451 e. The lowest BCUT2D eigenvalue weighted by Gasteiger charge is -2.40. The predicted molar refractivity (Wildman–Crippen MR) is 379 cm³/mol. The number of carbonyl (C=O) groups excluding carboxylic acids is 6. The molecule has 0 aliphatic carbocycles. The quantitative estimate of drug-likeness (QED) is 0.0162. The van der Waals surface area contributed by atoms with Gasteiger partial charge in [0.25, 0.3) is 0 Å². The van der Waals surface area contributed by atoms with Gasteiger partial charge in [0.1, 0.15) is 70.8 Å². The highest BCUT2D eigenvalue weighted by Gasteiger charge is 2.47. The lowest BCUT2D eigenvalue weighted by molar-refractivity contribution is -0.145. The molecule has 32 heteroatoms. The number of unbranched alkanes of at least 4 members (excludes halogenated alkanes) is 2. The van der Waals surface area contributed by atoms with Gasteiger partial charge in [-0.05, 0) is 158 Å². The van der Waals surface area contributed by atoms with E-state index in [-0.39, 0.29) is 71.4 Å². The number of anilines is 2. The van der Waals surface area contributed by atoms with E-state index in [1.54, 1.807) is 83.1 Å². The van der Waals surface area contributed by atoms with Crippen molar-refractivity contribution in [3.8, 4) is 23.7 Å². The van der Waals surface area contributed by atoms with Crippen LogP contribution >= 0.6 is 0 Å². The lowest BCUT2D eigenvalue weighted by Crippen LogP contribution is -2.48. The maximum atomic E-state index is 13.2. The summed E-state index contributed by atoms with van der Waals surface area (Å²) in [5.41, 5.74) is 8.23. The molecule has 10 N–H and O–H groups in total. The van der Waals surface area contributed by atoms with Gasteiger partial charge in [0.2, 0.25) is 0 Å². The molecule has 8 atom stereocenters. The summed E-state index contributed by atoms with van der Waals surface area (Å²) in [6.07, 6.45) is -1.14. The normalized spacial score (nSPS) is 18.8. The molecule has 0 aromatic carbocycles. The van der Waals surface area contributed by atoms with Gasteiger partial charge in [0.15, 0.2) is 29.8 Å². The second kappa shape index (κ2) is 37.0. The molecule has 100 heavy (non-hydrogen) atoms. The first-order valence-corrected chi connectivity index (χ1v) is 39.5. The summed E-state index contributed by atoms with van der Waals surface area (Å²) in [4.78, 5) is 108. The van der Waals surface area contributed by atoms with Crippen LogP contribution in [0, 0.1) is 23.7 Å². The van der Waals surface area contributed by atoms with Gasteiger partial charge >= 0.3 is 47.7 Å². The number of hydrogen-bond acceptors (Lipinski definition) is 24. The fourth-order valence-corrected chi connectivity index (χ4v) is 11.2. The number of aliphatic hydroxyl groups excluding tert-OH is 2. The van der Waals surface area contributed by atoms with Crippen molar-refractivity contribution in [3.05, 3.63) is 44.5 Å². The number of nitrogens with one attached hydrogen (secondary N) is 4. The third-order valence-corrected chi connectivity index (χ3v) is 25.0. The molecule has 564 valence electrons. The van der Waals surface area contributed by atoms with Crippen LogP contribution in [0.5, 0.6) is 0 Å². The maximum absolute atomic E-state index is 13.2. The smallest absolute Gasteiger partial charge is 0.408 e. The Hall–Kier alpha value is -7.31. The average Bonchev–Trinajstić information content (AvgIpc) is 1.62. The van der Waals surface area contributed by atoms with Gasteiger partial charge in [-0.2, -0.15) is 9.97 Å². The van der Waals surface area contributed by atoms with Gasteiger partial charge in [-0.3, -0.25) is 9.13 Å². The van der Waals surface area contributed by atoms with Crippen LogP contribution in [0.4, 0.5) is 30.8 Å². The zero-order valence-electron chi connectivity index (χ0n) is 62.9. The number of alkyl carbamates (subject to hydrolysis) is 4. The van der Waals surface area contributed by atoms with E-state index in [1.165, 1.54) is 17.0 Å². The number of nitrogens with zero attached hydrogens (tertiary/aromatic N) is 4. The van der Waals surface area contributed by atoms with Crippen molar-refractivity contribution in [2.24, 2.45) is 0 Å². The Morgan fingerprint density at radius 1 is 0.580 bits per heavy atom. The monoisotopic (exact) mass is 1450 g/mol. The molecule has 2 aromatic rings. The maximum Gasteiger partial charge on any atom is 0.408 e. The molecule has 2 unspecified atom stereocenters. The third kappa shape index (κ3) is 30.9. The fraction of sp³-hybridized carbons (Fsp3) is 0.735. The Morgan fingerprint density at radius 2 is 0.950 bits per heavy atom. The van der Waals surface area contributed by atoms with Gasteiger partial charge in [0, 0.05) is 38.3 Å². The minimum absolute atomic E-state index is 0.00179. The van der Waals surface area contributed by atoms with E-state index in [1.807, 2.05) is 0 Å². The summed E-state index contributed by atoms with van der Waals surface area (Å²) < 4.78 is 59.7. The first kappa shape index (κ1) is 86.9. The minimum atomic E-state index is -2.23. The molecular weight excluding hydrogens is 1330 g/mol. The van der Waals surface area contributed by atoms with Crippen LogP contribution in [0.2, 0.25) is 36.3 Å². The van der Waals surface area contributed by atoms with Crippen LogP contribution in [0.1, 0.15) is 200 Å². The van der Waals surface area contributed by atoms with Crippen molar-refractivity contribution in [1.29, 1.82) is 0 Å². The highest BCUT2D eigenvalue weighted by atomic mass is 28.4. The number of amides is 4. The number of esters is 2. The third-order valence-electron chi connectivity index (χ3n) is 16.0. The molecule has 0 bridgehead atoms. The predicted octanol–water partition coefficient (Wildman–Crippen LogP) is 7.96. The Labute approximate surface area is 591 Å². The highest BCUT2D eigenvalue weighted by molar-refractivity contribution is 6.74. The summed E-state index contributed by atoms with van der Waals surface area (Å²) >= 11 is 0. The highest BCUT2D eigenvalue weighted by Crippen LogP contribution is 2.42. The summed E-state index contributed by atoms with van der Waals surface area (Å²) in [6.45, 7) is 42.4. The van der Waals surface area contributed by atoms with Gasteiger partial charge in [-0.15, -0.1) is 0 Å². The lowest BCUT2D eigenvalue weighted by atomic mass is 10.1. The average molecular weight is 1450 g/mol. The Morgan fingerprint density at radius 3 is 1.31 bits per heavy atom. The number of carbonyl (C=O) groups is 6. The summed E-state index contributed by atoms with van der Waals surface area (Å²) in [6, 6.07) is -2.08. The van der Waals surface area contributed by atoms with Crippen LogP contribution in [0.3, 0.4) is 0 Å². The van der Waals surface area contributed by atoms with E-state index in [9.17, 15) is 48.6 Å². The standard InChI is InChI=1S/C40H71N5O10Si2.C28H43N5O10/c1-37(2,3)53-35(48)42-22-18-17-21-28(43-36(49)54-38(4,5)6)33(46)50-23-19-20-27-25-45(34(47)44-32(27)41)31-24-29(55-57(15,16)40(10,11)12)30(52-31)26-51-56(13,14)39(7,8)9;1-27(2,3)42-25(38)30-12-8-7-11-18(31-26(39)43-28(4,5)6)23(36)40-13-9-10-17-15-33(24(37)32-22(17)29)21-14-19(35)20(16-34)41-21/h25,28-31H,17-18,21-24,26H2,1-16H3,(H,42,48)(H,43,49)(H2,41,44,47);15,18-21,34-35H,7-8,11-14,16H2,1-6H3,(H,30,38)(H,31,39)(H2,29,32,37)/t28?,29-,30-,31-;18?,19-,20-,21-/m11/s1. The molecule has 2 fully saturated rings. The largest absolute Gasteiger partial charge is 0.451 e. The van der Waals surface area contributed by atoms with E-state index in [4.69, 9.17) is 58.2 Å². The number of rotatable bonds is 24. The topological polar surface area (TPSA) is 405 Å². The number of nitrogens with two attached hydrogens (primary N) is 2. The van der Waals surface area contributed by atoms with Crippen LogP contribution in [0.25, 0.3) is 0 Å². The summed E-state index contributed by atoms with van der Waals surface area (Å²) in [7, 11) is -4.35. The van der Waals surface area contributed by atoms with E-state index in [2.05, 4.69) is 123 Å². The van der Waals surface area contributed by atoms with E-state index in [0.29, 0.717) is 51.8 Å². The molecule has 2 aliphatic heterocycles. The SMILES string of the molecule is CC(C)(C)OC(=O)NCCCCC(NC(=O)OC(C)(C)C)C(=O)OCC#Cc1cn([C@H]2C[C@@H](O)[C@@H](CO)O2)c(=O)nc1N.CC(C)(C)OC(=O)NCCCCC(NC(=O)OC(C)(C)C)C(=O)OCC#Cc1cn([C@H]2C[C@@H](O[Si](C)(C)C(C)(C)C)[C@@H](CO[Si](C)(C)C(C)(C)C)O2)c(=O)nc1N. The molecular formula is C68H114N10O20Si2. The second-order valence-electron chi connectivity index (χ2n) is 31.5. The van der Waals surface area contributed by atoms with Crippen molar-refractivity contribution in [3.63, 3.8) is 0 Å². The second-order valence-corrected chi connectivity index (χ2v) is 41.1. The van der Waals surface area contributed by atoms with E-state index < -0.39 is 136 Å². The van der Waals surface area contributed by atoms with Gasteiger partial charge in [0.05, 0.1) is 36.5 Å². The van der Waals surface area contributed by atoms with Crippen molar-refractivity contribution >= 4 is 64.6 Å². The molecule has 0 spiro atoms. The summed E-state index contributed by atoms with van der Waals surface area (Å²) in [5.74, 6) is 9.25. The Kier molecular flexibility index (Phi) is 32.2. The zero-order valence-corrected chi connectivity index (χ0v) is 64.9. The number of ether oxygens (including phenoxy) is 8. The van der Waals surface area contributed by atoms with Crippen molar-refractivity contribution in [1.82, 2.24) is 40.4 Å². The molecule has 2 aliphatic rings. The number of hydrogen-bond donors (Lipinski definition) is 8. The van der Waals surface area contributed by atoms with Crippen LogP contribution < -0.4 is 44.1 Å². The number of nitrogen functional groups attached to an aromatic ring is 2. The van der Waals surface area contributed by atoms with Crippen molar-refractivity contribution in [2.45, 2.75) is 284 Å². The first-order valence-electron chi connectivity index (χ1n) is 33.7. The molecule has 0 radical (unpaired) electrons. The fourth-order valence-electron chi connectivity index (χ4n) is 8.86. The summed E-state index contributed by atoms with van der Waals surface area (Å²) in [5, 5.41) is 29.6.